The molecule has 3 rings (SSSR count). The molecule has 0 aromatic heterocycles. The lowest BCUT2D eigenvalue weighted by molar-refractivity contribution is -0.225. The molecule has 2 aliphatic carbocycles. The Morgan fingerprint density at radius 2 is 1.81 bits per heavy atom. The monoisotopic (exact) mass is 386 g/mol. The number of halogens is 1. The van der Waals surface area contributed by atoms with Crippen molar-refractivity contribution < 1.29 is 9.53 Å². The van der Waals surface area contributed by atoms with Gasteiger partial charge in [-0.1, -0.05) is 41.0 Å². The van der Waals surface area contributed by atoms with Crippen LogP contribution in [0.1, 0.15) is 79.6 Å². The molecule has 2 saturated carbocycles. The zero-order valence-corrected chi connectivity index (χ0v) is 18.1. The van der Waals surface area contributed by atoms with Gasteiger partial charge in [0, 0.05) is 24.0 Å². The molecule has 0 bridgehead atoms. The number of carbonyl (C=O) groups is 1. The quantitative estimate of drug-likeness (QED) is 0.765. The Labute approximate surface area is 165 Å². The number of nitrogens with two attached hydrogens (primary N) is 1. The van der Waals surface area contributed by atoms with Gasteiger partial charge >= 0.3 is 0 Å². The van der Waals surface area contributed by atoms with Crippen LogP contribution in [0.15, 0.2) is 0 Å². The molecule has 3 N–H and O–H groups in total. The first-order chi connectivity index (χ1) is 11.6. The average molecular weight is 387 g/mol. The lowest BCUT2D eigenvalue weighted by atomic mass is 9.46. The molecule has 1 aliphatic heterocycles. The summed E-state index contributed by atoms with van der Waals surface area (Å²) in [6.45, 7) is 12.0. The molecule has 1 heterocycles. The standard InChI is InChI=1S/C21H38N2O2.ClH/c1-6-19(2,3)14-9-11-15(12-10-14)23-18(24)21(22)16-8-7-13-25-17(16)20(21,4)5;/h14-17H,6-13,22H2,1-5H3,(H,23,24);1H. The average Bonchev–Trinajstić information content (AvgIpc) is 2.61. The highest BCUT2D eigenvalue weighted by atomic mass is 35.5. The van der Waals surface area contributed by atoms with E-state index in [1.807, 2.05) is 0 Å². The Morgan fingerprint density at radius 1 is 1.19 bits per heavy atom. The van der Waals surface area contributed by atoms with Crippen LogP contribution in [0.25, 0.3) is 0 Å². The van der Waals surface area contributed by atoms with Crippen LogP contribution in [0.5, 0.6) is 0 Å². The van der Waals surface area contributed by atoms with Crippen LogP contribution >= 0.6 is 12.4 Å². The second-order valence-corrected chi connectivity index (χ2v) is 9.99. The van der Waals surface area contributed by atoms with Gasteiger partial charge in [-0.2, -0.15) is 0 Å². The minimum absolute atomic E-state index is 0. The van der Waals surface area contributed by atoms with E-state index in [0.717, 1.165) is 38.2 Å². The Bertz CT molecular complexity index is 514. The summed E-state index contributed by atoms with van der Waals surface area (Å²) in [6, 6.07) is 0.288. The number of ether oxygens (including phenoxy) is 1. The van der Waals surface area contributed by atoms with Gasteiger partial charge in [-0.05, 0) is 49.9 Å². The fraction of sp³-hybridized carbons (Fsp3) is 0.952. The van der Waals surface area contributed by atoms with Gasteiger partial charge in [-0.3, -0.25) is 4.79 Å². The van der Waals surface area contributed by atoms with Gasteiger partial charge in [-0.15, -0.1) is 12.4 Å². The number of hydrogen-bond acceptors (Lipinski definition) is 3. The van der Waals surface area contributed by atoms with Crippen molar-refractivity contribution in [2.45, 2.75) is 97.2 Å². The minimum Gasteiger partial charge on any atom is -0.377 e. The summed E-state index contributed by atoms with van der Waals surface area (Å²) in [6.07, 6.45) is 7.97. The number of hydrogen-bond donors (Lipinski definition) is 2. The molecule has 1 amide bonds. The molecule has 152 valence electrons. The van der Waals surface area contributed by atoms with Crippen LogP contribution in [0.4, 0.5) is 0 Å². The zero-order valence-electron chi connectivity index (χ0n) is 17.3. The molecular weight excluding hydrogens is 348 g/mol. The summed E-state index contributed by atoms with van der Waals surface area (Å²) >= 11 is 0. The van der Waals surface area contributed by atoms with Gasteiger partial charge in [0.15, 0.2) is 0 Å². The summed E-state index contributed by atoms with van der Waals surface area (Å²) in [5.41, 5.74) is 6.06. The highest BCUT2D eigenvalue weighted by Gasteiger charge is 2.70. The van der Waals surface area contributed by atoms with Crippen molar-refractivity contribution in [3.8, 4) is 0 Å². The summed E-state index contributed by atoms with van der Waals surface area (Å²) < 4.78 is 5.93. The zero-order chi connectivity index (χ0) is 18.5. The van der Waals surface area contributed by atoms with Crippen molar-refractivity contribution >= 4 is 18.3 Å². The predicted octanol–water partition coefficient (Wildman–Crippen LogP) is 4.05. The first-order valence-electron chi connectivity index (χ1n) is 10.4. The van der Waals surface area contributed by atoms with E-state index in [1.54, 1.807) is 0 Å². The number of amides is 1. The van der Waals surface area contributed by atoms with E-state index in [-0.39, 0.29) is 41.8 Å². The van der Waals surface area contributed by atoms with Gasteiger partial charge in [0.25, 0.3) is 0 Å². The van der Waals surface area contributed by atoms with Gasteiger partial charge in [0.1, 0.15) is 5.54 Å². The molecule has 4 nitrogen and oxygen atoms in total. The topological polar surface area (TPSA) is 64.4 Å². The molecular formula is C21H39ClN2O2. The summed E-state index contributed by atoms with van der Waals surface area (Å²) in [5.74, 6) is 1.00. The molecule has 1 saturated heterocycles. The van der Waals surface area contributed by atoms with Crippen LogP contribution in [-0.2, 0) is 9.53 Å². The number of nitrogens with one attached hydrogen (secondary N) is 1. The second kappa shape index (κ2) is 7.60. The molecule has 0 aromatic rings. The van der Waals surface area contributed by atoms with E-state index in [0.29, 0.717) is 5.41 Å². The summed E-state index contributed by atoms with van der Waals surface area (Å²) in [4.78, 5) is 13.1. The van der Waals surface area contributed by atoms with Crippen molar-refractivity contribution in [1.29, 1.82) is 0 Å². The smallest absolute Gasteiger partial charge is 0.241 e. The first-order valence-corrected chi connectivity index (χ1v) is 10.4. The van der Waals surface area contributed by atoms with Crippen LogP contribution < -0.4 is 11.1 Å². The normalized spacial score (nSPS) is 39.2. The van der Waals surface area contributed by atoms with Crippen molar-refractivity contribution in [1.82, 2.24) is 5.32 Å². The number of carbonyl (C=O) groups excluding carboxylic acids is 1. The lowest BCUT2D eigenvalue weighted by Gasteiger charge is -2.65. The van der Waals surface area contributed by atoms with Crippen molar-refractivity contribution in [2.75, 3.05) is 6.61 Å². The van der Waals surface area contributed by atoms with Gasteiger partial charge < -0.3 is 15.8 Å². The molecule has 0 radical (unpaired) electrons. The predicted molar refractivity (Wildman–Crippen MR) is 108 cm³/mol. The van der Waals surface area contributed by atoms with Crippen LogP contribution in [0.3, 0.4) is 0 Å². The Hall–Kier alpha value is -0.320. The highest BCUT2D eigenvalue weighted by molar-refractivity contribution is 5.89. The van der Waals surface area contributed by atoms with Gasteiger partial charge in [0.05, 0.1) is 6.10 Å². The molecule has 3 fully saturated rings. The van der Waals surface area contributed by atoms with Crippen LogP contribution in [0, 0.1) is 22.7 Å². The van der Waals surface area contributed by atoms with Crippen LogP contribution in [-0.4, -0.2) is 30.2 Å². The number of rotatable bonds is 4. The second-order valence-electron chi connectivity index (χ2n) is 9.99. The van der Waals surface area contributed by atoms with E-state index in [1.165, 1.54) is 19.3 Å². The Balaban J connectivity index is 0.00000243. The third-order valence-corrected chi connectivity index (χ3v) is 8.14. The molecule has 0 aromatic carbocycles. The Kier molecular flexibility index (Phi) is 6.42. The lowest BCUT2D eigenvalue weighted by Crippen LogP contribution is -2.82. The minimum atomic E-state index is -0.780. The molecule has 0 spiro atoms. The molecule has 5 heteroatoms. The van der Waals surface area contributed by atoms with E-state index in [9.17, 15) is 4.79 Å². The van der Waals surface area contributed by atoms with E-state index >= 15 is 0 Å². The largest absolute Gasteiger partial charge is 0.377 e. The fourth-order valence-electron chi connectivity index (χ4n) is 5.65. The maximum absolute atomic E-state index is 13.1. The molecule has 26 heavy (non-hydrogen) atoms. The first kappa shape index (κ1) is 22.0. The van der Waals surface area contributed by atoms with E-state index in [2.05, 4.69) is 39.9 Å². The SMILES string of the molecule is CCC(C)(C)C1CCC(NC(=O)C2(N)C3CCCOC3C2(C)C)CC1.Cl. The third-order valence-electron chi connectivity index (χ3n) is 8.14. The summed E-state index contributed by atoms with van der Waals surface area (Å²) in [5, 5.41) is 3.32. The molecule has 3 atom stereocenters. The molecule has 3 unspecified atom stereocenters. The van der Waals surface area contributed by atoms with Crippen molar-refractivity contribution in [3.05, 3.63) is 0 Å². The van der Waals surface area contributed by atoms with Crippen molar-refractivity contribution in [3.63, 3.8) is 0 Å². The maximum atomic E-state index is 13.1. The maximum Gasteiger partial charge on any atom is 0.241 e. The summed E-state index contributed by atoms with van der Waals surface area (Å²) in [7, 11) is 0. The van der Waals surface area contributed by atoms with E-state index < -0.39 is 5.54 Å². The van der Waals surface area contributed by atoms with Gasteiger partial charge in [0.2, 0.25) is 5.91 Å². The van der Waals surface area contributed by atoms with Gasteiger partial charge in [-0.25, -0.2) is 0 Å². The Morgan fingerprint density at radius 3 is 2.38 bits per heavy atom. The third kappa shape index (κ3) is 3.31. The molecule has 3 aliphatic rings. The highest BCUT2D eigenvalue weighted by Crippen LogP contribution is 2.57. The fourth-order valence-corrected chi connectivity index (χ4v) is 5.65. The van der Waals surface area contributed by atoms with E-state index in [4.69, 9.17) is 10.5 Å². The van der Waals surface area contributed by atoms with Crippen molar-refractivity contribution in [2.24, 2.45) is 28.4 Å². The van der Waals surface area contributed by atoms with Crippen LogP contribution in [0.2, 0.25) is 0 Å². The number of fused-ring (bicyclic) bond motifs is 1.